The van der Waals surface area contributed by atoms with Crippen LogP contribution in [0.15, 0.2) is 34.8 Å². The summed E-state index contributed by atoms with van der Waals surface area (Å²) >= 11 is 3.48. The van der Waals surface area contributed by atoms with Crippen LogP contribution >= 0.6 is 15.9 Å². The van der Waals surface area contributed by atoms with E-state index in [1.165, 1.54) is 11.1 Å². The Morgan fingerprint density at radius 2 is 2.04 bits per heavy atom. The Bertz CT molecular complexity index is 896. The van der Waals surface area contributed by atoms with Crippen molar-refractivity contribution in [3.8, 4) is 11.5 Å². The summed E-state index contributed by atoms with van der Waals surface area (Å²) in [6.07, 6.45) is 0. The maximum absolute atomic E-state index is 13.1. The zero-order chi connectivity index (χ0) is 20.5. The zero-order valence-electron chi connectivity index (χ0n) is 17.1. The van der Waals surface area contributed by atoms with Gasteiger partial charge in [-0.25, -0.2) is 0 Å². The number of likely N-dealkylation sites (N-methyl/N-ethyl adjacent to an activating group) is 1. The molecule has 1 amide bonds. The summed E-state index contributed by atoms with van der Waals surface area (Å²) in [6, 6.07) is 9.58. The Balaban J connectivity index is 1.97. The standard InChI is InChI=1S/C22H27BrN2O3/c1-6-28-19-11-18(27-5)15(10-16(19)23)21(26)24-17-9-7-8-14-12-25(4)13-22(2,3)20(14)17/h7-11H,6,12-13H2,1-5H3,(H,24,26). The number of carbonyl (C=O) groups is 1. The average Bonchev–Trinajstić information content (AvgIpc) is 2.62. The first kappa shape index (κ1) is 20.7. The highest BCUT2D eigenvalue weighted by atomic mass is 79.9. The maximum Gasteiger partial charge on any atom is 0.259 e. The van der Waals surface area contributed by atoms with E-state index in [-0.39, 0.29) is 11.3 Å². The number of rotatable bonds is 5. The molecule has 2 aromatic rings. The van der Waals surface area contributed by atoms with E-state index in [0.29, 0.717) is 23.7 Å². The van der Waals surface area contributed by atoms with Crippen LogP contribution in [0.3, 0.4) is 0 Å². The lowest BCUT2D eigenvalue weighted by Gasteiger charge is -2.39. The molecule has 0 fully saturated rings. The van der Waals surface area contributed by atoms with Crippen LogP contribution in [0.25, 0.3) is 0 Å². The molecule has 150 valence electrons. The van der Waals surface area contributed by atoms with Gasteiger partial charge in [0.05, 0.1) is 23.8 Å². The van der Waals surface area contributed by atoms with E-state index in [4.69, 9.17) is 9.47 Å². The molecule has 1 aliphatic heterocycles. The molecular formula is C22H27BrN2O3. The van der Waals surface area contributed by atoms with E-state index >= 15 is 0 Å². The van der Waals surface area contributed by atoms with Crippen LogP contribution in [0.1, 0.15) is 42.3 Å². The molecule has 3 rings (SSSR count). The van der Waals surface area contributed by atoms with Crippen molar-refractivity contribution in [2.45, 2.75) is 32.7 Å². The van der Waals surface area contributed by atoms with Gasteiger partial charge in [-0.3, -0.25) is 4.79 Å². The van der Waals surface area contributed by atoms with Gasteiger partial charge in [-0.1, -0.05) is 26.0 Å². The van der Waals surface area contributed by atoms with Gasteiger partial charge in [0.15, 0.2) is 0 Å². The number of nitrogens with one attached hydrogen (secondary N) is 1. The van der Waals surface area contributed by atoms with Crippen molar-refractivity contribution < 1.29 is 14.3 Å². The molecule has 1 aliphatic rings. The smallest absolute Gasteiger partial charge is 0.259 e. The predicted octanol–water partition coefficient (Wildman–Crippen LogP) is 4.83. The second kappa shape index (κ2) is 8.13. The normalized spacial score (nSPS) is 15.6. The number of benzene rings is 2. The summed E-state index contributed by atoms with van der Waals surface area (Å²) in [5, 5.41) is 3.11. The van der Waals surface area contributed by atoms with E-state index in [2.05, 4.69) is 53.1 Å². The average molecular weight is 447 g/mol. The minimum absolute atomic E-state index is 0.0598. The number of hydrogen-bond acceptors (Lipinski definition) is 4. The van der Waals surface area contributed by atoms with E-state index in [9.17, 15) is 4.79 Å². The van der Waals surface area contributed by atoms with E-state index in [0.717, 1.165) is 23.2 Å². The summed E-state index contributed by atoms with van der Waals surface area (Å²) in [7, 11) is 3.68. The third kappa shape index (κ3) is 4.03. The number of ether oxygens (including phenoxy) is 2. The van der Waals surface area contributed by atoms with Crippen molar-refractivity contribution in [2.75, 3.05) is 32.6 Å². The van der Waals surface area contributed by atoms with Gasteiger partial charge in [0.1, 0.15) is 11.5 Å². The van der Waals surface area contributed by atoms with Crippen molar-refractivity contribution in [3.63, 3.8) is 0 Å². The molecular weight excluding hydrogens is 420 g/mol. The Morgan fingerprint density at radius 1 is 1.29 bits per heavy atom. The largest absolute Gasteiger partial charge is 0.496 e. The minimum Gasteiger partial charge on any atom is -0.496 e. The molecule has 28 heavy (non-hydrogen) atoms. The fourth-order valence-electron chi connectivity index (χ4n) is 4.07. The van der Waals surface area contributed by atoms with Gasteiger partial charge < -0.3 is 19.7 Å². The highest BCUT2D eigenvalue weighted by Crippen LogP contribution is 2.39. The van der Waals surface area contributed by atoms with Gasteiger partial charge in [0.2, 0.25) is 0 Å². The van der Waals surface area contributed by atoms with E-state index in [1.54, 1.807) is 19.2 Å². The van der Waals surface area contributed by atoms with Crippen LogP contribution in [0.5, 0.6) is 11.5 Å². The SMILES string of the molecule is CCOc1cc(OC)c(C(=O)Nc2cccc3c2C(C)(C)CN(C)C3)cc1Br. The van der Waals surface area contributed by atoms with Crippen molar-refractivity contribution in [1.29, 1.82) is 0 Å². The minimum atomic E-state index is -0.205. The van der Waals surface area contributed by atoms with E-state index < -0.39 is 0 Å². The van der Waals surface area contributed by atoms with Crippen molar-refractivity contribution in [3.05, 3.63) is 51.5 Å². The lowest BCUT2D eigenvalue weighted by Crippen LogP contribution is -2.40. The number of methoxy groups -OCH3 is 1. The second-order valence-electron chi connectivity index (χ2n) is 7.77. The van der Waals surface area contributed by atoms with Crippen LogP contribution in [0.4, 0.5) is 5.69 Å². The zero-order valence-corrected chi connectivity index (χ0v) is 18.6. The molecule has 0 atom stereocenters. The van der Waals surface area contributed by atoms with Crippen molar-refractivity contribution in [2.24, 2.45) is 0 Å². The highest BCUT2D eigenvalue weighted by Gasteiger charge is 2.33. The monoisotopic (exact) mass is 446 g/mol. The quantitative estimate of drug-likeness (QED) is 0.714. The van der Waals surface area contributed by atoms with Gasteiger partial charge in [-0.05, 0) is 53.2 Å². The van der Waals surface area contributed by atoms with Gasteiger partial charge in [0.25, 0.3) is 5.91 Å². The summed E-state index contributed by atoms with van der Waals surface area (Å²) < 4.78 is 11.7. The summed E-state index contributed by atoms with van der Waals surface area (Å²) in [6.45, 7) is 8.69. The van der Waals surface area contributed by atoms with Crippen LogP contribution in [0, 0.1) is 0 Å². The number of hydrogen-bond donors (Lipinski definition) is 1. The third-order valence-corrected chi connectivity index (χ3v) is 5.60. The molecule has 6 heteroatoms. The first-order chi connectivity index (χ1) is 13.3. The first-order valence-electron chi connectivity index (χ1n) is 9.39. The Labute approximate surface area is 175 Å². The Morgan fingerprint density at radius 3 is 2.71 bits per heavy atom. The fraction of sp³-hybridized carbons (Fsp3) is 0.409. The van der Waals surface area contributed by atoms with Crippen LogP contribution in [0.2, 0.25) is 0 Å². The molecule has 0 aliphatic carbocycles. The van der Waals surface area contributed by atoms with Gasteiger partial charge in [-0.2, -0.15) is 0 Å². The summed E-state index contributed by atoms with van der Waals surface area (Å²) in [5.41, 5.74) is 3.70. The maximum atomic E-state index is 13.1. The van der Waals surface area contributed by atoms with Crippen molar-refractivity contribution in [1.82, 2.24) is 4.90 Å². The molecule has 1 N–H and O–H groups in total. The molecule has 0 radical (unpaired) electrons. The number of carbonyl (C=O) groups excluding carboxylic acids is 1. The molecule has 5 nitrogen and oxygen atoms in total. The van der Waals surface area contributed by atoms with Crippen molar-refractivity contribution >= 4 is 27.5 Å². The lowest BCUT2D eigenvalue weighted by atomic mass is 9.77. The number of nitrogens with zero attached hydrogens (tertiary/aromatic N) is 1. The molecule has 2 aromatic carbocycles. The fourth-order valence-corrected chi connectivity index (χ4v) is 4.53. The van der Waals surface area contributed by atoms with Crippen LogP contribution in [-0.4, -0.2) is 38.1 Å². The molecule has 0 unspecified atom stereocenters. The number of amides is 1. The summed E-state index contributed by atoms with van der Waals surface area (Å²) in [5.74, 6) is 0.925. The third-order valence-electron chi connectivity index (χ3n) is 4.98. The van der Waals surface area contributed by atoms with Crippen LogP contribution in [-0.2, 0) is 12.0 Å². The molecule has 1 heterocycles. The predicted molar refractivity (Wildman–Crippen MR) is 116 cm³/mol. The van der Waals surface area contributed by atoms with Gasteiger partial charge >= 0.3 is 0 Å². The molecule has 0 bridgehead atoms. The van der Waals surface area contributed by atoms with Gasteiger partial charge in [-0.15, -0.1) is 0 Å². The Hall–Kier alpha value is -2.05. The number of halogens is 1. The Kier molecular flexibility index (Phi) is 6.01. The molecule has 0 aromatic heterocycles. The second-order valence-corrected chi connectivity index (χ2v) is 8.62. The number of fused-ring (bicyclic) bond motifs is 1. The highest BCUT2D eigenvalue weighted by molar-refractivity contribution is 9.10. The first-order valence-corrected chi connectivity index (χ1v) is 10.2. The molecule has 0 saturated carbocycles. The van der Waals surface area contributed by atoms with E-state index in [1.807, 2.05) is 19.1 Å². The topological polar surface area (TPSA) is 50.8 Å². The summed E-state index contributed by atoms with van der Waals surface area (Å²) in [4.78, 5) is 15.4. The van der Waals surface area contributed by atoms with Crippen LogP contribution < -0.4 is 14.8 Å². The molecule has 0 saturated heterocycles. The lowest BCUT2D eigenvalue weighted by molar-refractivity contribution is 0.102. The van der Waals surface area contributed by atoms with Gasteiger partial charge in [0, 0.05) is 30.3 Å². The number of anilines is 1. The molecule has 0 spiro atoms.